The van der Waals surface area contributed by atoms with E-state index in [1.807, 2.05) is 37.3 Å². The molecule has 0 spiro atoms. The highest BCUT2D eigenvalue weighted by Gasteiger charge is 2.24. The van der Waals surface area contributed by atoms with Gasteiger partial charge < -0.3 is 13.9 Å². The number of ether oxygens (including phenoxy) is 2. The highest BCUT2D eigenvalue weighted by molar-refractivity contribution is 5.83. The van der Waals surface area contributed by atoms with E-state index in [0.717, 1.165) is 11.1 Å². The summed E-state index contributed by atoms with van der Waals surface area (Å²) in [6, 6.07) is 13.2. The molecule has 0 radical (unpaired) electrons. The van der Waals surface area contributed by atoms with Crippen LogP contribution in [0.4, 0.5) is 0 Å². The summed E-state index contributed by atoms with van der Waals surface area (Å²) in [6.07, 6.45) is -0.947. The van der Waals surface area contributed by atoms with Crippen LogP contribution in [0.5, 0.6) is 5.75 Å². The SMILES string of the molecule is COC(=O)[C@@H](C)Oc1c(-c2ccc(C(C)(C)C)cc2)oc2ccc(C)cc2c1=O. The second-order valence-electron chi connectivity index (χ2n) is 8.20. The average Bonchev–Trinajstić information content (AvgIpc) is 2.69. The Kier molecular flexibility index (Phi) is 5.51. The van der Waals surface area contributed by atoms with Gasteiger partial charge in [-0.05, 0) is 37.0 Å². The average molecular weight is 394 g/mol. The van der Waals surface area contributed by atoms with E-state index < -0.39 is 12.1 Å². The number of methoxy groups -OCH3 is 1. The van der Waals surface area contributed by atoms with Gasteiger partial charge in [0.15, 0.2) is 11.9 Å². The summed E-state index contributed by atoms with van der Waals surface area (Å²) < 4.78 is 16.6. The zero-order valence-corrected chi connectivity index (χ0v) is 17.7. The largest absolute Gasteiger partial charge is 0.471 e. The molecule has 3 aromatic rings. The lowest BCUT2D eigenvalue weighted by Gasteiger charge is -2.19. The Hall–Kier alpha value is -3.08. The van der Waals surface area contributed by atoms with E-state index in [-0.39, 0.29) is 16.6 Å². The molecule has 0 bridgehead atoms. The minimum absolute atomic E-state index is 0.000985. The fraction of sp³-hybridized carbons (Fsp3) is 0.333. The zero-order chi connectivity index (χ0) is 21.3. The van der Waals surface area contributed by atoms with Crippen molar-refractivity contribution in [1.29, 1.82) is 0 Å². The Morgan fingerprint density at radius 2 is 1.72 bits per heavy atom. The topological polar surface area (TPSA) is 65.7 Å². The summed E-state index contributed by atoms with van der Waals surface area (Å²) in [6.45, 7) is 9.83. The molecule has 5 heteroatoms. The zero-order valence-electron chi connectivity index (χ0n) is 17.7. The summed E-state index contributed by atoms with van der Waals surface area (Å²) in [5.74, 6) is -0.269. The standard InChI is InChI=1S/C24H26O5/c1-14-7-12-19-18(13-14)20(25)22(28-15(2)23(26)27-6)21(29-19)16-8-10-17(11-9-16)24(3,4)5/h7-13,15H,1-6H3/t15-/m1/s1. The molecule has 2 aromatic carbocycles. The Labute approximate surface area is 170 Å². The first kappa shape index (κ1) is 20.6. The lowest BCUT2D eigenvalue weighted by Crippen LogP contribution is -2.27. The first-order chi connectivity index (χ1) is 13.6. The summed E-state index contributed by atoms with van der Waals surface area (Å²) in [7, 11) is 1.28. The second-order valence-corrected chi connectivity index (χ2v) is 8.20. The summed E-state index contributed by atoms with van der Waals surface area (Å²) in [5.41, 5.74) is 2.93. The van der Waals surface area contributed by atoms with Crippen molar-refractivity contribution >= 4 is 16.9 Å². The van der Waals surface area contributed by atoms with E-state index in [1.165, 1.54) is 14.0 Å². The second kappa shape index (κ2) is 7.74. The molecule has 1 atom stereocenters. The highest BCUT2D eigenvalue weighted by atomic mass is 16.6. The highest BCUT2D eigenvalue weighted by Crippen LogP contribution is 2.33. The Balaban J connectivity index is 2.21. The molecular weight excluding hydrogens is 368 g/mol. The van der Waals surface area contributed by atoms with Crippen LogP contribution in [0.3, 0.4) is 0 Å². The van der Waals surface area contributed by atoms with E-state index in [4.69, 9.17) is 13.9 Å². The smallest absolute Gasteiger partial charge is 0.346 e. The van der Waals surface area contributed by atoms with E-state index >= 15 is 0 Å². The maximum atomic E-state index is 13.2. The van der Waals surface area contributed by atoms with Crippen LogP contribution in [0.15, 0.2) is 51.7 Å². The molecule has 0 saturated heterocycles. The van der Waals surface area contributed by atoms with Crippen LogP contribution in [-0.2, 0) is 14.9 Å². The van der Waals surface area contributed by atoms with Gasteiger partial charge in [-0.3, -0.25) is 4.79 Å². The van der Waals surface area contributed by atoms with Gasteiger partial charge in [0, 0.05) is 5.56 Å². The third-order valence-electron chi connectivity index (χ3n) is 4.85. The van der Waals surface area contributed by atoms with Crippen molar-refractivity contribution < 1.29 is 18.7 Å². The van der Waals surface area contributed by atoms with E-state index in [0.29, 0.717) is 22.3 Å². The molecule has 0 fully saturated rings. The normalized spacial score (nSPS) is 12.6. The number of rotatable bonds is 4. The molecule has 0 aliphatic carbocycles. The molecule has 1 heterocycles. The number of hydrogen-bond donors (Lipinski definition) is 0. The molecule has 0 N–H and O–H groups in total. The Bertz CT molecular complexity index is 1100. The van der Waals surface area contributed by atoms with Crippen LogP contribution in [0.2, 0.25) is 0 Å². The molecule has 0 unspecified atom stereocenters. The van der Waals surface area contributed by atoms with Crippen molar-refractivity contribution in [3.8, 4) is 17.1 Å². The van der Waals surface area contributed by atoms with Gasteiger partial charge >= 0.3 is 5.97 Å². The van der Waals surface area contributed by atoms with Gasteiger partial charge in [0.2, 0.25) is 11.2 Å². The van der Waals surface area contributed by atoms with E-state index in [9.17, 15) is 9.59 Å². The molecule has 0 aliphatic rings. The number of benzene rings is 2. The number of aryl methyl sites for hydroxylation is 1. The maximum absolute atomic E-state index is 13.2. The first-order valence-electron chi connectivity index (χ1n) is 9.54. The molecule has 0 saturated carbocycles. The maximum Gasteiger partial charge on any atom is 0.346 e. The predicted molar refractivity (Wildman–Crippen MR) is 113 cm³/mol. The van der Waals surface area contributed by atoms with Crippen molar-refractivity contribution in [2.75, 3.05) is 7.11 Å². The first-order valence-corrected chi connectivity index (χ1v) is 9.54. The van der Waals surface area contributed by atoms with Crippen molar-refractivity contribution in [2.45, 2.75) is 46.1 Å². The quantitative estimate of drug-likeness (QED) is 0.582. The van der Waals surface area contributed by atoms with Crippen LogP contribution >= 0.6 is 0 Å². The lowest BCUT2D eigenvalue weighted by atomic mass is 9.86. The number of hydrogen-bond acceptors (Lipinski definition) is 5. The van der Waals surface area contributed by atoms with Crippen molar-refractivity contribution in [2.24, 2.45) is 0 Å². The molecule has 0 aliphatic heterocycles. The number of carbonyl (C=O) groups excluding carboxylic acids is 1. The van der Waals surface area contributed by atoms with E-state index in [1.54, 1.807) is 12.1 Å². The van der Waals surface area contributed by atoms with Gasteiger partial charge in [-0.2, -0.15) is 0 Å². The third-order valence-corrected chi connectivity index (χ3v) is 4.85. The molecule has 1 aromatic heterocycles. The molecule has 3 rings (SSSR count). The van der Waals surface area contributed by atoms with Crippen molar-refractivity contribution in [3.63, 3.8) is 0 Å². The molecule has 5 nitrogen and oxygen atoms in total. The summed E-state index contributed by atoms with van der Waals surface area (Å²) >= 11 is 0. The summed E-state index contributed by atoms with van der Waals surface area (Å²) in [5, 5.41) is 0.409. The number of esters is 1. The van der Waals surface area contributed by atoms with Gasteiger partial charge in [-0.25, -0.2) is 4.79 Å². The predicted octanol–water partition coefficient (Wildman–Crippen LogP) is 5.01. The minimum atomic E-state index is -0.947. The van der Waals surface area contributed by atoms with Crippen LogP contribution in [0.1, 0.15) is 38.8 Å². The van der Waals surface area contributed by atoms with Gasteiger partial charge in [0.1, 0.15) is 5.58 Å². The fourth-order valence-corrected chi connectivity index (χ4v) is 3.10. The monoisotopic (exact) mass is 394 g/mol. The third kappa shape index (κ3) is 4.19. The Morgan fingerprint density at radius 3 is 2.31 bits per heavy atom. The molecule has 0 amide bonds. The fourth-order valence-electron chi connectivity index (χ4n) is 3.10. The van der Waals surface area contributed by atoms with Crippen LogP contribution in [-0.4, -0.2) is 19.2 Å². The van der Waals surface area contributed by atoms with Gasteiger partial charge in [0.05, 0.1) is 12.5 Å². The molecular formula is C24H26O5. The lowest BCUT2D eigenvalue weighted by molar-refractivity contribution is -0.147. The van der Waals surface area contributed by atoms with Crippen molar-refractivity contribution in [1.82, 2.24) is 0 Å². The van der Waals surface area contributed by atoms with Gasteiger partial charge in [0.25, 0.3) is 0 Å². The molecule has 152 valence electrons. The van der Waals surface area contributed by atoms with Crippen molar-refractivity contribution in [3.05, 3.63) is 63.8 Å². The molecule has 29 heavy (non-hydrogen) atoms. The summed E-state index contributed by atoms with van der Waals surface area (Å²) in [4.78, 5) is 25.1. The van der Waals surface area contributed by atoms with Gasteiger partial charge in [-0.15, -0.1) is 0 Å². The van der Waals surface area contributed by atoms with Crippen LogP contribution in [0, 0.1) is 6.92 Å². The number of fused-ring (bicyclic) bond motifs is 1. The van der Waals surface area contributed by atoms with Crippen LogP contribution < -0.4 is 10.2 Å². The van der Waals surface area contributed by atoms with E-state index in [2.05, 4.69) is 20.8 Å². The van der Waals surface area contributed by atoms with Crippen LogP contribution in [0.25, 0.3) is 22.3 Å². The Morgan fingerprint density at radius 1 is 1.07 bits per heavy atom. The number of carbonyl (C=O) groups is 1. The minimum Gasteiger partial charge on any atom is -0.471 e. The van der Waals surface area contributed by atoms with Gasteiger partial charge in [-0.1, -0.05) is 56.7 Å².